The molecule has 0 aliphatic carbocycles. The lowest BCUT2D eigenvalue weighted by atomic mass is 10.1. The van der Waals surface area contributed by atoms with Crippen molar-refractivity contribution < 1.29 is 9.47 Å². The zero-order chi connectivity index (χ0) is 6.69. The molecule has 2 heteroatoms. The van der Waals surface area contributed by atoms with Crippen LogP contribution in [0.25, 0.3) is 0 Å². The van der Waals surface area contributed by atoms with E-state index in [0.29, 0.717) is 6.61 Å². The van der Waals surface area contributed by atoms with Crippen LogP contribution in [0.5, 0.6) is 0 Å². The number of ether oxygens (including phenoxy) is 2. The zero-order valence-electron chi connectivity index (χ0n) is 5.72. The molecule has 0 aromatic rings. The maximum atomic E-state index is 5.16. The van der Waals surface area contributed by atoms with Gasteiger partial charge in [-0.1, -0.05) is 6.58 Å². The fraction of sp³-hybridized carbons (Fsp3) is 0.714. The summed E-state index contributed by atoms with van der Waals surface area (Å²) in [5.41, 5.74) is 1.13. The molecule has 1 fully saturated rings. The summed E-state index contributed by atoms with van der Waals surface area (Å²) < 4.78 is 10.2. The first kappa shape index (κ1) is 6.78. The summed E-state index contributed by atoms with van der Waals surface area (Å²) in [6.07, 6.45) is 1.20. The zero-order valence-corrected chi connectivity index (χ0v) is 5.72. The molecule has 1 saturated heterocycles. The molecule has 1 rings (SSSR count). The van der Waals surface area contributed by atoms with Crippen LogP contribution in [-0.2, 0) is 9.47 Å². The van der Waals surface area contributed by atoms with Gasteiger partial charge in [0.1, 0.15) is 0 Å². The van der Waals surface area contributed by atoms with Crippen molar-refractivity contribution in [3.05, 3.63) is 12.2 Å². The first-order valence-electron chi connectivity index (χ1n) is 3.10. The van der Waals surface area contributed by atoms with Crippen LogP contribution in [0.15, 0.2) is 12.2 Å². The number of methoxy groups -OCH3 is 1. The second-order valence-electron chi connectivity index (χ2n) is 2.33. The third-order valence-corrected chi connectivity index (χ3v) is 1.46. The fourth-order valence-corrected chi connectivity index (χ4v) is 0.926. The SMILES string of the molecule is C=C1COC[C@H](OC)C1. The summed E-state index contributed by atoms with van der Waals surface area (Å²) >= 11 is 0. The van der Waals surface area contributed by atoms with Crippen LogP contribution < -0.4 is 0 Å². The average Bonchev–Trinajstić information content (AvgIpc) is 1.88. The van der Waals surface area contributed by atoms with E-state index >= 15 is 0 Å². The molecular weight excluding hydrogens is 116 g/mol. The lowest BCUT2D eigenvalue weighted by Crippen LogP contribution is -2.25. The Bertz CT molecular complexity index is 109. The molecule has 52 valence electrons. The van der Waals surface area contributed by atoms with Crippen LogP contribution >= 0.6 is 0 Å². The molecule has 0 bridgehead atoms. The van der Waals surface area contributed by atoms with Gasteiger partial charge in [0.05, 0.1) is 19.3 Å². The van der Waals surface area contributed by atoms with Crippen LogP contribution in [-0.4, -0.2) is 26.4 Å². The van der Waals surface area contributed by atoms with Crippen molar-refractivity contribution in [2.24, 2.45) is 0 Å². The van der Waals surface area contributed by atoms with Gasteiger partial charge in [0.15, 0.2) is 0 Å². The molecule has 9 heavy (non-hydrogen) atoms. The van der Waals surface area contributed by atoms with Gasteiger partial charge in [0, 0.05) is 7.11 Å². The Kier molecular flexibility index (Phi) is 2.25. The lowest BCUT2D eigenvalue weighted by Gasteiger charge is -2.22. The highest BCUT2D eigenvalue weighted by Gasteiger charge is 2.14. The van der Waals surface area contributed by atoms with Crippen LogP contribution in [0.1, 0.15) is 6.42 Å². The Morgan fingerprint density at radius 3 is 3.00 bits per heavy atom. The topological polar surface area (TPSA) is 18.5 Å². The van der Waals surface area contributed by atoms with Crippen molar-refractivity contribution in [3.63, 3.8) is 0 Å². The van der Waals surface area contributed by atoms with Crippen LogP contribution in [0, 0.1) is 0 Å². The second-order valence-corrected chi connectivity index (χ2v) is 2.33. The maximum absolute atomic E-state index is 5.16. The predicted molar refractivity (Wildman–Crippen MR) is 35.4 cm³/mol. The molecule has 0 radical (unpaired) electrons. The standard InChI is InChI=1S/C7H12O2/c1-6-3-7(8-2)5-9-4-6/h7H,1,3-5H2,2H3/t7-/m1/s1. The Morgan fingerprint density at radius 2 is 2.56 bits per heavy atom. The minimum atomic E-state index is 0.242. The number of hydrogen-bond donors (Lipinski definition) is 0. The van der Waals surface area contributed by atoms with Gasteiger partial charge in [0.25, 0.3) is 0 Å². The molecule has 0 aromatic carbocycles. The van der Waals surface area contributed by atoms with Crippen molar-refractivity contribution >= 4 is 0 Å². The first-order chi connectivity index (χ1) is 4.33. The number of rotatable bonds is 1. The van der Waals surface area contributed by atoms with E-state index in [4.69, 9.17) is 9.47 Å². The molecule has 0 N–H and O–H groups in total. The summed E-state index contributed by atoms with van der Waals surface area (Å²) in [5.74, 6) is 0. The van der Waals surface area contributed by atoms with Crippen LogP contribution in [0.3, 0.4) is 0 Å². The molecule has 1 atom stereocenters. The molecule has 0 saturated carbocycles. The Hall–Kier alpha value is -0.340. The summed E-state index contributed by atoms with van der Waals surface area (Å²) in [6.45, 7) is 5.23. The summed E-state index contributed by atoms with van der Waals surface area (Å²) in [7, 11) is 1.70. The third-order valence-electron chi connectivity index (χ3n) is 1.46. The quantitative estimate of drug-likeness (QED) is 0.490. The Labute approximate surface area is 55.5 Å². The monoisotopic (exact) mass is 128 g/mol. The summed E-state index contributed by atoms with van der Waals surface area (Å²) in [6, 6.07) is 0. The van der Waals surface area contributed by atoms with E-state index in [1.807, 2.05) is 0 Å². The highest BCUT2D eigenvalue weighted by molar-refractivity contribution is 4.99. The maximum Gasteiger partial charge on any atom is 0.0842 e. The van der Waals surface area contributed by atoms with E-state index < -0.39 is 0 Å². The molecule has 1 aliphatic rings. The van der Waals surface area contributed by atoms with Crippen LogP contribution in [0.2, 0.25) is 0 Å². The molecule has 0 unspecified atom stereocenters. The smallest absolute Gasteiger partial charge is 0.0842 e. The van der Waals surface area contributed by atoms with E-state index in [-0.39, 0.29) is 6.10 Å². The van der Waals surface area contributed by atoms with Gasteiger partial charge in [-0.05, 0) is 12.0 Å². The van der Waals surface area contributed by atoms with Crippen molar-refractivity contribution in [3.8, 4) is 0 Å². The van der Waals surface area contributed by atoms with Crippen molar-refractivity contribution in [1.29, 1.82) is 0 Å². The summed E-state index contributed by atoms with van der Waals surface area (Å²) in [5, 5.41) is 0. The first-order valence-corrected chi connectivity index (χ1v) is 3.10. The van der Waals surface area contributed by atoms with Crippen LogP contribution in [0.4, 0.5) is 0 Å². The minimum absolute atomic E-state index is 0.242. The minimum Gasteiger partial charge on any atom is -0.379 e. The normalized spacial score (nSPS) is 28.6. The third kappa shape index (κ3) is 1.80. The van der Waals surface area contributed by atoms with Gasteiger partial charge in [0.2, 0.25) is 0 Å². The van der Waals surface area contributed by atoms with E-state index in [1.165, 1.54) is 0 Å². The highest BCUT2D eigenvalue weighted by Crippen LogP contribution is 2.12. The van der Waals surface area contributed by atoms with Crippen molar-refractivity contribution in [1.82, 2.24) is 0 Å². The van der Waals surface area contributed by atoms with Gasteiger partial charge in [-0.2, -0.15) is 0 Å². The van der Waals surface area contributed by atoms with E-state index in [1.54, 1.807) is 7.11 Å². The van der Waals surface area contributed by atoms with E-state index in [9.17, 15) is 0 Å². The molecule has 2 nitrogen and oxygen atoms in total. The van der Waals surface area contributed by atoms with Gasteiger partial charge < -0.3 is 9.47 Å². The molecule has 1 aliphatic heterocycles. The van der Waals surface area contributed by atoms with Gasteiger partial charge in [-0.25, -0.2) is 0 Å². The predicted octanol–water partition coefficient (Wildman–Crippen LogP) is 0.978. The van der Waals surface area contributed by atoms with E-state index in [0.717, 1.165) is 18.6 Å². The molecule has 0 spiro atoms. The summed E-state index contributed by atoms with van der Waals surface area (Å²) in [4.78, 5) is 0. The van der Waals surface area contributed by atoms with Crippen molar-refractivity contribution in [2.45, 2.75) is 12.5 Å². The van der Waals surface area contributed by atoms with Gasteiger partial charge >= 0.3 is 0 Å². The molecule has 0 aromatic heterocycles. The van der Waals surface area contributed by atoms with Gasteiger partial charge in [-0.15, -0.1) is 0 Å². The molecular formula is C7H12O2. The van der Waals surface area contributed by atoms with Crippen molar-refractivity contribution in [2.75, 3.05) is 20.3 Å². The fourth-order valence-electron chi connectivity index (χ4n) is 0.926. The van der Waals surface area contributed by atoms with E-state index in [2.05, 4.69) is 6.58 Å². The lowest BCUT2D eigenvalue weighted by molar-refractivity contribution is -0.00670. The van der Waals surface area contributed by atoms with Gasteiger partial charge in [-0.3, -0.25) is 0 Å². The molecule has 1 heterocycles. The number of hydrogen-bond acceptors (Lipinski definition) is 2. The highest BCUT2D eigenvalue weighted by atomic mass is 16.5. The average molecular weight is 128 g/mol. The second kappa shape index (κ2) is 2.99. The Morgan fingerprint density at radius 1 is 1.78 bits per heavy atom. The largest absolute Gasteiger partial charge is 0.379 e. The Balaban J connectivity index is 2.32. The molecule has 0 amide bonds.